The highest BCUT2D eigenvalue weighted by Crippen LogP contribution is 2.31. The van der Waals surface area contributed by atoms with Crippen molar-refractivity contribution in [3.63, 3.8) is 0 Å². The summed E-state index contributed by atoms with van der Waals surface area (Å²) < 4.78 is 7.76. The van der Waals surface area contributed by atoms with E-state index in [0.717, 1.165) is 11.3 Å². The predicted molar refractivity (Wildman–Crippen MR) is 78.8 cm³/mol. The molecular formula is C13H18N4OS. The fourth-order valence-corrected chi connectivity index (χ4v) is 2.36. The summed E-state index contributed by atoms with van der Waals surface area (Å²) in [6.45, 7) is 6.20. The maximum absolute atomic E-state index is 6.04. The number of aromatic nitrogens is 3. The van der Waals surface area contributed by atoms with Gasteiger partial charge in [-0.2, -0.15) is 5.10 Å². The summed E-state index contributed by atoms with van der Waals surface area (Å²) >= 11 is 5.30. The average molecular weight is 278 g/mol. The van der Waals surface area contributed by atoms with Crippen LogP contribution in [0.25, 0.3) is 11.4 Å². The smallest absolute Gasteiger partial charge is 0.195 e. The lowest BCUT2D eigenvalue weighted by Gasteiger charge is -2.23. The summed E-state index contributed by atoms with van der Waals surface area (Å²) in [6.07, 6.45) is 0. The van der Waals surface area contributed by atoms with Crippen LogP contribution in [0.5, 0.6) is 5.75 Å². The van der Waals surface area contributed by atoms with E-state index in [4.69, 9.17) is 22.7 Å². The molecule has 0 bridgehead atoms. The summed E-state index contributed by atoms with van der Waals surface area (Å²) in [6, 6.07) is 5.49. The lowest BCUT2D eigenvalue weighted by atomic mass is 10.1. The number of H-pyrrole nitrogens is 1. The van der Waals surface area contributed by atoms with Gasteiger partial charge in [0.1, 0.15) is 5.75 Å². The highest BCUT2D eigenvalue weighted by Gasteiger charge is 2.21. The van der Waals surface area contributed by atoms with Gasteiger partial charge in [0.25, 0.3) is 0 Å². The molecule has 0 saturated heterocycles. The van der Waals surface area contributed by atoms with Crippen LogP contribution in [0.1, 0.15) is 20.8 Å². The number of rotatable bonds is 2. The molecule has 0 unspecified atom stereocenters. The largest absolute Gasteiger partial charge is 0.497 e. The van der Waals surface area contributed by atoms with Crippen molar-refractivity contribution in [2.75, 3.05) is 12.8 Å². The summed E-state index contributed by atoms with van der Waals surface area (Å²) in [7, 11) is 1.62. The molecule has 0 saturated carbocycles. The number of nitrogens with one attached hydrogen (secondary N) is 1. The monoisotopic (exact) mass is 278 g/mol. The lowest BCUT2D eigenvalue weighted by molar-refractivity contribution is 0.395. The maximum atomic E-state index is 6.04. The lowest BCUT2D eigenvalue weighted by Crippen LogP contribution is -2.23. The Morgan fingerprint density at radius 2 is 2.05 bits per heavy atom. The molecule has 0 aliphatic carbocycles. The van der Waals surface area contributed by atoms with Crippen LogP contribution in [-0.4, -0.2) is 21.9 Å². The minimum absolute atomic E-state index is 0.186. The molecule has 0 spiro atoms. The van der Waals surface area contributed by atoms with E-state index in [-0.39, 0.29) is 5.54 Å². The number of hydrogen-bond donors (Lipinski definition) is 2. The van der Waals surface area contributed by atoms with E-state index >= 15 is 0 Å². The maximum Gasteiger partial charge on any atom is 0.195 e. The molecule has 1 aromatic heterocycles. The molecule has 0 aliphatic heterocycles. The molecule has 0 amide bonds. The standard InChI is InChI=1S/C13H18N4OS/c1-13(2,3)17-11(15-16-12(17)19)9-7-8(18-4)5-6-10(9)14/h5-7H,14H2,1-4H3,(H,16,19). The average Bonchev–Trinajstić information content (AvgIpc) is 2.71. The van der Waals surface area contributed by atoms with Crippen molar-refractivity contribution >= 4 is 17.9 Å². The summed E-state index contributed by atoms with van der Waals surface area (Å²) in [5, 5.41) is 7.13. The zero-order valence-electron chi connectivity index (χ0n) is 11.5. The number of methoxy groups -OCH3 is 1. The number of nitrogens with two attached hydrogens (primary N) is 1. The number of hydrogen-bond acceptors (Lipinski definition) is 4. The fraction of sp³-hybridized carbons (Fsp3) is 0.385. The van der Waals surface area contributed by atoms with Crippen LogP contribution in [0.4, 0.5) is 5.69 Å². The molecule has 19 heavy (non-hydrogen) atoms. The first-order valence-corrected chi connectivity index (χ1v) is 6.37. The van der Waals surface area contributed by atoms with E-state index in [1.807, 2.05) is 16.7 Å². The molecule has 2 rings (SSSR count). The van der Waals surface area contributed by atoms with Gasteiger partial charge >= 0.3 is 0 Å². The third-order valence-electron chi connectivity index (χ3n) is 2.84. The van der Waals surface area contributed by atoms with Crippen LogP contribution in [0.2, 0.25) is 0 Å². The highest BCUT2D eigenvalue weighted by atomic mass is 32.1. The van der Waals surface area contributed by atoms with Gasteiger partial charge in [0.05, 0.1) is 7.11 Å². The summed E-state index contributed by atoms with van der Waals surface area (Å²) in [5.74, 6) is 1.45. The summed E-state index contributed by atoms with van der Waals surface area (Å²) in [5.41, 5.74) is 7.30. The second kappa shape index (κ2) is 4.70. The number of nitrogen functional groups attached to an aromatic ring is 1. The Bertz CT molecular complexity index is 651. The third kappa shape index (κ3) is 2.49. The van der Waals surface area contributed by atoms with Crippen LogP contribution in [-0.2, 0) is 5.54 Å². The Morgan fingerprint density at radius 1 is 1.37 bits per heavy atom. The van der Waals surface area contributed by atoms with E-state index in [9.17, 15) is 0 Å². The molecule has 0 atom stereocenters. The van der Waals surface area contributed by atoms with Crippen LogP contribution in [0.3, 0.4) is 0 Å². The van der Waals surface area contributed by atoms with E-state index in [2.05, 4.69) is 31.0 Å². The molecule has 3 N–H and O–H groups in total. The first-order chi connectivity index (χ1) is 8.84. The van der Waals surface area contributed by atoms with Gasteiger partial charge < -0.3 is 10.5 Å². The van der Waals surface area contributed by atoms with E-state index < -0.39 is 0 Å². The second-order valence-electron chi connectivity index (χ2n) is 5.31. The van der Waals surface area contributed by atoms with Crippen LogP contribution in [0.15, 0.2) is 18.2 Å². The second-order valence-corrected chi connectivity index (χ2v) is 5.70. The Labute approximate surface area is 117 Å². The summed E-state index contributed by atoms with van der Waals surface area (Å²) in [4.78, 5) is 0. The highest BCUT2D eigenvalue weighted by molar-refractivity contribution is 7.71. The molecule has 2 aromatic rings. The van der Waals surface area contributed by atoms with Crippen molar-refractivity contribution in [1.82, 2.24) is 14.8 Å². The van der Waals surface area contributed by atoms with Gasteiger partial charge in [-0.15, -0.1) is 0 Å². The number of aromatic amines is 1. The Balaban J connectivity index is 2.70. The SMILES string of the molecule is COc1ccc(N)c(-c2n[nH]c(=S)n2C(C)(C)C)c1. The first kappa shape index (κ1) is 13.6. The molecule has 0 radical (unpaired) electrons. The van der Waals surface area contributed by atoms with Gasteiger partial charge in [-0.05, 0) is 51.2 Å². The van der Waals surface area contributed by atoms with Gasteiger partial charge in [-0.3, -0.25) is 9.67 Å². The minimum Gasteiger partial charge on any atom is -0.497 e. The quantitative estimate of drug-likeness (QED) is 0.654. The van der Waals surface area contributed by atoms with Gasteiger partial charge in [-0.1, -0.05) is 0 Å². The molecular weight excluding hydrogens is 260 g/mol. The molecule has 1 heterocycles. The fourth-order valence-electron chi connectivity index (χ4n) is 1.96. The Morgan fingerprint density at radius 3 is 2.63 bits per heavy atom. The first-order valence-electron chi connectivity index (χ1n) is 5.96. The van der Waals surface area contributed by atoms with Gasteiger partial charge in [0.15, 0.2) is 10.6 Å². The van der Waals surface area contributed by atoms with Gasteiger partial charge in [0, 0.05) is 16.8 Å². The third-order valence-corrected chi connectivity index (χ3v) is 3.12. The molecule has 102 valence electrons. The van der Waals surface area contributed by atoms with Crippen molar-refractivity contribution in [2.24, 2.45) is 0 Å². The Kier molecular flexibility index (Phi) is 3.36. The number of anilines is 1. The van der Waals surface area contributed by atoms with E-state index in [1.165, 1.54) is 0 Å². The van der Waals surface area contributed by atoms with Crippen LogP contribution in [0, 0.1) is 4.77 Å². The zero-order chi connectivity index (χ0) is 14.2. The normalized spacial score (nSPS) is 11.6. The number of benzene rings is 1. The minimum atomic E-state index is -0.186. The molecule has 0 aliphatic rings. The van der Waals surface area contributed by atoms with Gasteiger partial charge in [-0.25, -0.2) is 0 Å². The molecule has 1 aromatic carbocycles. The van der Waals surface area contributed by atoms with Crippen LogP contribution < -0.4 is 10.5 Å². The van der Waals surface area contributed by atoms with Crippen LogP contribution >= 0.6 is 12.2 Å². The van der Waals surface area contributed by atoms with Crippen molar-refractivity contribution in [1.29, 1.82) is 0 Å². The molecule has 5 nitrogen and oxygen atoms in total. The topological polar surface area (TPSA) is 68.9 Å². The zero-order valence-corrected chi connectivity index (χ0v) is 12.3. The number of ether oxygens (including phenoxy) is 1. The van der Waals surface area contributed by atoms with Crippen molar-refractivity contribution in [3.8, 4) is 17.1 Å². The van der Waals surface area contributed by atoms with Gasteiger partial charge in [0.2, 0.25) is 0 Å². The van der Waals surface area contributed by atoms with Crippen molar-refractivity contribution in [3.05, 3.63) is 23.0 Å². The van der Waals surface area contributed by atoms with E-state index in [0.29, 0.717) is 16.3 Å². The predicted octanol–water partition coefficient (Wildman–Crippen LogP) is 2.95. The van der Waals surface area contributed by atoms with E-state index in [1.54, 1.807) is 13.2 Å². The molecule has 6 heteroatoms. The number of nitrogens with zero attached hydrogens (tertiary/aromatic N) is 2. The Hall–Kier alpha value is -1.82. The van der Waals surface area contributed by atoms with Crippen molar-refractivity contribution in [2.45, 2.75) is 26.3 Å². The van der Waals surface area contributed by atoms with Crippen molar-refractivity contribution < 1.29 is 4.74 Å². The molecule has 0 fully saturated rings.